The lowest BCUT2D eigenvalue weighted by atomic mass is 9.83. The van der Waals surface area contributed by atoms with Gasteiger partial charge in [-0.3, -0.25) is 4.55 Å². The average Bonchev–Trinajstić information content (AvgIpc) is 2.97. The van der Waals surface area contributed by atoms with Crippen LogP contribution in [0.3, 0.4) is 0 Å². The van der Waals surface area contributed by atoms with Crippen LogP contribution in [0.25, 0.3) is 0 Å². The molecule has 0 amide bonds. The van der Waals surface area contributed by atoms with Crippen molar-refractivity contribution < 1.29 is 52.8 Å². The predicted molar refractivity (Wildman–Crippen MR) is 61.4 cm³/mol. The molecule has 4 nitrogen and oxygen atoms in total. The molecule has 0 radical (unpaired) electrons. The van der Waals surface area contributed by atoms with Gasteiger partial charge in [0, 0.05) is 5.92 Å². The summed E-state index contributed by atoms with van der Waals surface area (Å²) in [4.78, 5) is 0. The van der Waals surface area contributed by atoms with Crippen LogP contribution in [0.2, 0.25) is 0 Å². The molecule has 1 N–H and O–H groups in total. The van der Waals surface area contributed by atoms with E-state index in [0.29, 0.717) is 6.42 Å². The fraction of sp³-hybridized carbons (Fsp3) is 1.00. The molecular formula is C11H12F8O4S. The van der Waals surface area contributed by atoms with E-state index in [1.54, 1.807) is 0 Å². The first-order valence-corrected chi connectivity index (χ1v) is 8.15. The zero-order valence-electron chi connectivity index (χ0n) is 11.7. The van der Waals surface area contributed by atoms with E-state index in [4.69, 9.17) is 4.55 Å². The van der Waals surface area contributed by atoms with E-state index in [1.807, 2.05) is 0 Å². The van der Waals surface area contributed by atoms with E-state index in [-0.39, 0.29) is 18.8 Å². The lowest BCUT2D eigenvalue weighted by Crippen LogP contribution is -2.58. The summed E-state index contributed by atoms with van der Waals surface area (Å²) in [5.41, 5.74) is 0. The first-order valence-electron chi connectivity index (χ1n) is 6.71. The van der Waals surface area contributed by atoms with Gasteiger partial charge in [0.15, 0.2) is 0 Å². The fourth-order valence-corrected chi connectivity index (χ4v) is 3.69. The van der Waals surface area contributed by atoms with Crippen LogP contribution in [0.5, 0.6) is 0 Å². The minimum atomic E-state index is -6.89. The van der Waals surface area contributed by atoms with Crippen LogP contribution in [0.4, 0.5) is 35.1 Å². The normalized spacial score (nSPS) is 29.3. The van der Waals surface area contributed by atoms with E-state index < -0.39 is 51.8 Å². The van der Waals surface area contributed by atoms with Crippen LogP contribution in [0.15, 0.2) is 0 Å². The third-order valence-electron chi connectivity index (χ3n) is 4.51. The quantitative estimate of drug-likeness (QED) is 0.553. The Hall–Kier alpha value is -0.690. The molecule has 2 bridgehead atoms. The highest BCUT2D eigenvalue weighted by molar-refractivity contribution is 7.86. The van der Waals surface area contributed by atoms with Crippen LogP contribution in [-0.2, 0) is 14.9 Å². The van der Waals surface area contributed by atoms with Gasteiger partial charge in [-0.25, -0.2) is 4.74 Å². The molecule has 3 atom stereocenters. The molecule has 2 rings (SSSR count). The molecule has 2 aliphatic rings. The van der Waals surface area contributed by atoms with Crippen molar-refractivity contribution in [3.05, 3.63) is 0 Å². The molecule has 0 aliphatic heterocycles. The topological polar surface area (TPSA) is 63.6 Å². The first kappa shape index (κ1) is 19.6. The van der Waals surface area contributed by atoms with Crippen LogP contribution < -0.4 is 0 Å². The third kappa shape index (κ3) is 2.87. The predicted octanol–water partition coefficient (Wildman–Crippen LogP) is 3.74. The number of hydrogen-bond donors (Lipinski definition) is 1. The van der Waals surface area contributed by atoms with Gasteiger partial charge in [0.2, 0.25) is 0 Å². The molecule has 142 valence electrons. The average molecular weight is 392 g/mol. The fourth-order valence-electron chi connectivity index (χ4n) is 3.34. The number of hydrogen-bond acceptors (Lipinski definition) is 3. The van der Waals surface area contributed by atoms with E-state index in [0.717, 1.165) is 0 Å². The Morgan fingerprint density at radius 3 is 1.79 bits per heavy atom. The Labute approximate surface area is 130 Å². The van der Waals surface area contributed by atoms with Gasteiger partial charge in [-0.2, -0.15) is 43.5 Å². The molecule has 0 spiro atoms. The highest BCUT2D eigenvalue weighted by Gasteiger charge is 2.75. The standard InChI is InChI=1S/C11H12F8O4S/c12-8(13,7-4-5-1-2-6(7)3-5)9(14,15)23-10(16,17)11(18,19)24(20,21)22/h5-7H,1-4H2,(H,20,21,22). The van der Waals surface area contributed by atoms with Gasteiger partial charge in [-0.05, 0) is 31.1 Å². The third-order valence-corrected chi connectivity index (χ3v) is 5.40. The van der Waals surface area contributed by atoms with Crippen molar-refractivity contribution in [3.8, 4) is 0 Å². The molecule has 0 aromatic heterocycles. The molecule has 2 fully saturated rings. The maximum atomic E-state index is 13.9. The van der Waals surface area contributed by atoms with Crippen LogP contribution in [0, 0.1) is 17.8 Å². The molecular weight excluding hydrogens is 380 g/mol. The smallest absolute Gasteiger partial charge is 0.281 e. The molecule has 0 heterocycles. The zero-order chi connectivity index (χ0) is 18.8. The Morgan fingerprint density at radius 1 is 0.875 bits per heavy atom. The SMILES string of the molecule is O=S(=O)(O)C(F)(F)C(F)(F)OC(F)(F)C(F)(F)C1CC2CCC1C2. The van der Waals surface area contributed by atoms with Crippen molar-refractivity contribution in [2.24, 2.45) is 17.8 Å². The molecule has 13 heteroatoms. The van der Waals surface area contributed by atoms with Crippen molar-refractivity contribution >= 4 is 10.1 Å². The Balaban J connectivity index is 2.26. The van der Waals surface area contributed by atoms with E-state index in [9.17, 15) is 43.5 Å². The Kier molecular flexibility index (Phi) is 4.42. The van der Waals surface area contributed by atoms with Gasteiger partial charge in [0.05, 0.1) is 0 Å². The van der Waals surface area contributed by atoms with E-state index >= 15 is 0 Å². The zero-order valence-corrected chi connectivity index (χ0v) is 12.5. The van der Waals surface area contributed by atoms with Gasteiger partial charge in [0.1, 0.15) is 0 Å². The monoisotopic (exact) mass is 392 g/mol. The molecule has 24 heavy (non-hydrogen) atoms. The molecule has 3 unspecified atom stereocenters. The summed E-state index contributed by atoms with van der Waals surface area (Å²) in [6, 6.07) is 0. The second-order valence-corrected chi connectivity index (χ2v) is 7.49. The molecule has 0 saturated heterocycles. The van der Waals surface area contributed by atoms with Crippen molar-refractivity contribution in [2.75, 3.05) is 0 Å². The van der Waals surface area contributed by atoms with Gasteiger partial charge >= 0.3 is 33.5 Å². The summed E-state index contributed by atoms with van der Waals surface area (Å²) in [5, 5.41) is -6.53. The minimum absolute atomic E-state index is 0.165. The van der Waals surface area contributed by atoms with Gasteiger partial charge in [-0.15, -0.1) is 0 Å². The van der Waals surface area contributed by atoms with Gasteiger partial charge < -0.3 is 0 Å². The van der Waals surface area contributed by atoms with Crippen LogP contribution >= 0.6 is 0 Å². The van der Waals surface area contributed by atoms with Crippen molar-refractivity contribution in [3.63, 3.8) is 0 Å². The molecule has 0 aromatic rings. The second kappa shape index (κ2) is 5.40. The summed E-state index contributed by atoms with van der Waals surface area (Å²) >= 11 is 0. The Morgan fingerprint density at radius 2 is 1.42 bits per heavy atom. The van der Waals surface area contributed by atoms with Gasteiger partial charge in [0.25, 0.3) is 0 Å². The maximum absolute atomic E-state index is 13.9. The number of rotatable bonds is 6. The summed E-state index contributed by atoms with van der Waals surface area (Å²) in [6.07, 6.45) is -12.2. The van der Waals surface area contributed by atoms with Crippen LogP contribution in [0.1, 0.15) is 25.7 Å². The summed E-state index contributed by atoms with van der Waals surface area (Å²) in [5.74, 6) is -8.45. The molecule has 2 saturated carbocycles. The van der Waals surface area contributed by atoms with Crippen molar-refractivity contribution in [1.82, 2.24) is 0 Å². The molecule has 2 aliphatic carbocycles. The number of ether oxygens (including phenoxy) is 1. The highest BCUT2D eigenvalue weighted by atomic mass is 32.2. The summed E-state index contributed by atoms with van der Waals surface area (Å²) < 4.78 is 137. The first-order chi connectivity index (χ1) is 10.5. The second-order valence-electron chi connectivity index (χ2n) is 6.03. The van der Waals surface area contributed by atoms with E-state index in [1.165, 1.54) is 0 Å². The number of halogens is 8. The lowest BCUT2D eigenvalue weighted by Gasteiger charge is -2.37. The largest absolute Gasteiger partial charge is 0.460 e. The van der Waals surface area contributed by atoms with Crippen molar-refractivity contribution in [1.29, 1.82) is 0 Å². The van der Waals surface area contributed by atoms with E-state index in [2.05, 4.69) is 4.74 Å². The van der Waals surface area contributed by atoms with Crippen LogP contribution in [-0.4, -0.2) is 36.4 Å². The maximum Gasteiger partial charge on any atom is 0.460 e. The number of alkyl halides is 8. The highest BCUT2D eigenvalue weighted by Crippen LogP contribution is 2.58. The Bertz CT molecular complexity index is 605. The summed E-state index contributed by atoms with van der Waals surface area (Å²) in [6.45, 7) is 0. The summed E-state index contributed by atoms with van der Waals surface area (Å²) in [7, 11) is -6.89. The van der Waals surface area contributed by atoms with Gasteiger partial charge in [-0.1, -0.05) is 6.42 Å². The lowest BCUT2D eigenvalue weighted by molar-refractivity contribution is -0.463. The molecule has 0 aromatic carbocycles. The number of fused-ring (bicyclic) bond motifs is 2. The minimum Gasteiger partial charge on any atom is -0.281 e. The van der Waals surface area contributed by atoms with Crippen molar-refractivity contribution in [2.45, 2.75) is 49.1 Å².